The molecule has 2 atom stereocenters. The number of hydrogen-bond donors (Lipinski definition) is 2. The predicted molar refractivity (Wildman–Crippen MR) is 105 cm³/mol. The second-order valence-corrected chi connectivity index (χ2v) is 7.32. The third-order valence-corrected chi connectivity index (χ3v) is 5.50. The van der Waals surface area contributed by atoms with Gasteiger partial charge in [-0.1, -0.05) is 35.3 Å². The SMILES string of the molecule is O=c1oc2c(Cl)cccc2c(O)c1C1c2c(c3cccc(Cl)c3oc2=O)OC1O. The topological polar surface area (TPSA) is 110 Å². The van der Waals surface area contributed by atoms with Crippen LogP contribution in [0, 0.1) is 0 Å². The Balaban J connectivity index is 1.85. The molecule has 29 heavy (non-hydrogen) atoms. The fourth-order valence-corrected chi connectivity index (χ4v) is 4.08. The average Bonchev–Trinajstić information content (AvgIpc) is 3.02. The zero-order valence-electron chi connectivity index (χ0n) is 14.3. The quantitative estimate of drug-likeness (QED) is 0.440. The van der Waals surface area contributed by atoms with Crippen molar-refractivity contribution in [1.82, 2.24) is 0 Å². The maximum absolute atomic E-state index is 12.7. The van der Waals surface area contributed by atoms with Gasteiger partial charge < -0.3 is 23.8 Å². The molecule has 0 amide bonds. The maximum Gasteiger partial charge on any atom is 0.344 e. The highest BCUT2D eigenvalue weighted by molar-refractivity contribution is 6.35. The summed E-state index contributed by atoms with van der Waals surface area (Å²) in [6.07, 6.45) is -1.64. The first-order valence-electron chi connectivity index (χ1n) is 8.42. The number of benzene rings is 2. The van der Waals surface area contributed by atoms with Crippen LogP contribution < -0.4 is 16.0 Å². The molecular formula is C20H10Cl2O7. The Labute approximate surface area is 171 Å². The highest BCUT2D eigenvalue weighted by atomic mass is 35.5. The van der Waals surface area contributed by atoms with Gasteiger partial charge in [-0.05, 0) is 24.3 Å². The number of fused-ring (bicyclic) bond motifs is 4. The van der Waals surface area contributed by atoms with Gasteiger partial charge in [0.15, 0.2) is 11.2 Å². The molecule has 7 nitrogen and oxygen atoms in total. The summed E-state index contributed by atoms with van der Waals surface area (Å²) in [6, 6.07) is 9.32. The lowest BCUT2D eigenvalue weighted by Crippen LogP contribution is -2.26. The van der Waals surface area contributed by atoms with Crippen LogP contribution in [0.5, 0.6) is 11.5 Å². The van der Waals surface area contributed by atoms with Gasteiger partial charge in [0, 0.05) is 0 Å². The molecule has 0 spiro atoms. The smallest absolute Gasteiger partial charge is 0.344 e. The third kappa shape index (κ3) is 2.48. The van der Waals surface area contributed by atoms with Gasteiger partial charge in [-0.2, -0.15) is 0 Å². The van der Waals surface area contributed by atoms with Crippen LogP contribution in [0.3, 0.4) is 0 Å². The van der Waals surface area contributed by atoms with Crippen molar-refractivity contribution < 1.29 is 23.8 Å². The lowest BCUT2D eigenvalue weighted by molar-refractivity contribution is -0.00987. The largest absolute Gasteiger partial charge is 0.507 e. The summed E-state index contributed by atoms with van der Waals surface area (Å²) >= 11 is 12.1. The predicted octanol–water partition coefficient (Wildman–Crippen LogP) is 3.75. The van der Waals surface area contributed by atoms with Gasteiger partial charge >= 0.3 is 11.3 Å². The van der Waals surface area contributed by atoms with E-state index in [1.54, 1.807) is 18.2 Å². The van der Waals surface area contributed by atoms with Crippen LogP contribution in [0.25, 0.3) is 21.9 Å². The first kappa shape index (κ1) is 18.1. The molecule has 9 heteroatoms. The van der Waals surface area contributed by atoms with Gasteiger partial charge in [0.1, 0.15) is 11.5 Å². The van der Waals surface area contributed by atoms with E-state index in [-0.39, 0.29) is 43.5 Å². The standard InChI is InChI=1S/C20H10Cl2O7/c21-9-5-1-3-7-14(23)12(19(25)27-15(7)9)11-13-17(29-18(11)24)8-4-2-6-10(22)16(8)28-20(13)26/h1-6,11,18,23-24H. The molecule has 4 aromatic rings. The minimum Gasteiger partial charge on any atom is -0.507 e. The van der Waals surface area contributed by atoms with Crippen LogP contribution in [0.4, 0.5) is 0 Å². The Hall–Kier alpha value is -3.00. The molecule has 1 aliphatic heterocycles. The molecule has 146 valence electrons. The number of rotatable bonds is 1. The van der Waals surface area contributed by atoms with E-state index in [2.05, 4.69) is 0 Å². The first-order chi connectivity index (χ1) is 13.9. The average molecular weight is 433 g/mol. The van der Waals surface area contributed by atoms with Crippen molar-refractivity contribution in [3.05, 3.63) is 78.4 Å². The van der Waals surface area contributed by atoms with Gasteiger partial charge in [0.05, 0.1) is 37.9 Å². The number of halogens is 2. The molecule has 2 aromatic heterocycles. The normalized spacial score (nSPS) is 18.2. The second kappa shape index (κ2) is 6.25. The van der Waals surface area contributed by atoms with Crippen molar-refractivity contribution in [2.45, 2.75) is 12.2 Å². The van der Waals surface area contributed by atoms with E-state index in [9.17, 15) is 19.8 Å². The zero-order valence-corrected chi connectivity index (χ0v) is 15.8. The molecule has 2 N–H and O–H groups in total. The van der Waals surface area contributed by atoms with E-state index in [1.807, 2.05) is 0 Å². The Morgan fingerprint density at radius 3 is 2.03 bits per heavy atom. The molecule has 2 unspecified atom stereocenters. The monoisotopic (exact) mass is 432 g/mol. The van der Waals surface area contributed by atoms with Crippen molar-refractivity contribution in [3.8, 4) is 11.5 Å². The molecule has 1 aliphatic rings. The fourth-order valence-electron chi connectivity index (χ4n) is 3.65. The van der Waals surface area contributed by atoms with Crippen molar-refractivity contribution in [2.24, 2.45) is 0 Å². The first-order valence-corrected chi connectivity index (χ1v) is 9.18. The molecule has 2 aromatic carbocycles. The van der Waals surface area contributed by atoms with Crippen LogP contribution in [0.2, 0.25) is 10.0 Å². The van der Waals surface area contributed by atoms with Gasteiger partial charge in [-0.15, -0.1) is 0 Å². The molecule has 0 radical (unpaired) electrons. The van der Waals surface area contributed by atoms with E-state index in [0.29, 0.717) is 5.39 Å². The molecule has 5 rings (SSSR count). The minimum absolute atomic E-state index is 0.00799. The van der Waals surface area contributed by atoms with E-state index < -0.39 is 29.2 Å². The lowest BCUT2D eigenvalue weighted by atomic mass is 9.92. The second-order valence-electron chi connectivity index (χ2n) is 6.50. The van der Waals surface area contributed by atoms with Crippen molar-refractivity contribution in [3.63, 3.8) is 0 Å². The highest BCUT2D eigenvalue weighted by Gasteiger charge is 2.43. The van der Waals surface area contributed by atoms with E-state index in [4.69, 9.17) is 36.8 Å². The summed E-state index contributed by atoms with van der Waals surface area (Å²) in [5, 5.41) is 22.1. The lowest BCUT2D eigenvalue weighted by Gasteiger charge is -2.14. The molecule has 0 saturated heterocycles. The summed E-state index contributed by atoms with van der Waals surface area (Å²) in [7, 11) is 0. The van der Waals surface area contributed by atoms with E-state index in [0.717, 1.165) is 0 Å². The van der Waals surface area contributed by atoms with Gasteiger partial charge in [0.2, 0.25) is 6.29 Å². The number of aliphatic hydroxyl groups excluding tert-OH is 1. The molecule has 0 saturated carbocycles. The molecule has 0 aliphatic carbocycles. The molecule has 3 heterocycles. The van der Waals surface area contributed by atoms with Gasteiger partial charge in [0.25, 0.3) is 0 Å². The number of ether oxygens (including phenoxy) is 1. The Bertz CT molecular complexity index is 1440. The number of para-hydroxylation sites is 2. The van der Waals surface area contributed by atoms with Gasteiger partial charge in [-0.25, -0.2) is 9.59 Å². The molecule has 0 fully saturated rings. The number of aliphatic hydroxyl groups is 1. The number of aromatic hydroxyl groups is 1. The molecular weight excluding hydrogens is 423 g/mol. The fraction of sp³-hybridized carbons (Fsp3) is 0.100. The van der Waals surface area contributed by atoms with Crippen LogP contribution in [-0.4, -0.2) is 16.5 Å². The van der Waals surface area contributed by atoms with Crippen molar-refractivity contribution in [2.75, 3.05) is 0 Å². The van der Waals surface area contributed by atoms with E-state index >= 15 is 0 Å². The number of hydrogen-bond acceptors (Lipinski definition) is 7. The molecule has 0 bridgehead atoms. The maximum atomic E-state index is 12.7. The van der Waals surface area contributed by atoms with Crippen LogP contribution >= 0.6 is 23.2 Å². The zero-order chi connectivity index (χ0) is 20.4. The van der Waals surface area contributed by atoms with E-state index in [1.165, 1.54) is 18.2 Å². The third-order valence-electron chi connectivity index (χ3n) is 4.91. The Kier molecular flexibility index (Phi) is 3.89. The summed E-state index contributed by atoms with van der Waals surface area (Å²) in [5.74, 6) is -1.77. The van der Waals surface area contributed by atoms with Crippen LogP contribution in [-0.2, 0) is 0 Å². The summed E-state index contributed by atoms with van der Waals surface area (Å²) < 4.78 is 16.1. The highest BCUT2D eigenvalue weighted by Crippen LogP contribution is 2.46. The minimum atomic E-state index is -1.64. The van der Waals surface area contributed by atoms with Crippen LogP contribution in [0.1, 0.15) is 17.0 Å². The summed E-state index contributed by atoms with van der Waals surface area (Å²) in [4.78, 5) is 25.4. The Morgan fingerprint density at radius 2 is 1.38 bits per heavy atom. The Morgan fingerprint density at radius 1 is 0.828 bits per heavy atom. The van der Waals surface area contributed by atoms with Crippen LogP contribution in [0.15, 0.2) is 54.8 Å². The van der Waals surface area contributed by atoms with Crippen molar-refractivity contribution in [1.29, 1.82) is 0 Å². The van der Waals surface area contributed by atoms with Crippen molar-refractivity contribution >= 4 is 45.1 Å². The van der Waals surface area contributed by atoms with Gasteiger partial charge in [-0.3, -0.25) is 0 Å². The summed E-state index contributed by atoms with van der Waals surface area (Å²) in [5.41, 5.74) is -2.18. The summed E-state index contributed by atoms with van der Waals surface area (Å²) in [6.45, 7) is 0.